The van der Waals surface area contributed by atoms with Gasteiger partial charge in [-0.3, -0.25) is 4.79 Å². The average molecular weight is 537 g/mol. The van der Waals surface area contributed by atoms with Crippen molar-refractivity contribution in [2.45, 2.75) is 15.1 Å². The van der Waals surface area contributed by atoms with E-state index in [1.165, 1.54) is 23.1 Å². The Morgan fingerprint density at radius 3 is 2.18 bits per heavy atom. The van der Waals surface area contributed by atoms with Gasteiger partial charge in [-0.15, -0.1) is 0 Å². The number of hydrogen-bond acceptors (Lipinski definition) is 4. The second kappa shape index (κ2) is 8.94. The van der Waals surface area contributed by atoms with Crippen molar-refractivity contribution < 1.29 is 22.0 Å². The molecule has 0 bridgehead atoms. The predicted molar refractivity (Wildman–Crippen MR) is 125 cm³/mol. The van der Waals surface area contributed by atoms with E-state index in [2.05, 4.69) is 0 Å². The van der Waals surface area contributed by atoms with Crippen LogP contribution in [0.25, 0.3) is 10.9 Å². The zero-order valence-corrected chi connectivity index (χ0v) is 20.1. The van der Waals surface area contributed by atoms with Crippen molar-refractivity contribution in [3.63, 3.8) is 0 Å². The maximum Gasteiger partial charge on any atom is 0.274 e. The van der Waals surface area contributed by atoms with Crippen LogP contribution in [0.2, 0.25) is 0 Å². The van der Waals surface area contributed by atoms with Gasteiger partial charge in [-0.05, 0) is 30.3 Å². The molecule has 1 amide bonds. The van der Waals surface area contributed by atoms with E-state index < -0.39 is 26.1 Å². The van der Waals surface area contributed by atoms with Crippen molar-refractivity contribution in [1.82, 2.24) is 8.87 Å². The van der Waals surface area contributed by atoms with Crippen molar-refractivity contribution >= 4 is 67.3 Å². The number of carbonyl (C=O) groups excluding carboxylic acids is 1. The Kier molecular flexibility index (Phi) is 6.52. The molecule has 6 nitrogen and oxygen atoms in total. The van der Waals surface area contributed by atoms with Crippen LogP contribution < -0.4 is 4.90 Å². The highest BCUT2D eigenvalue weighted by Gasteiger charge is 2.36. The van der Waals surface area contributed by atoms with Crippen molar-refractivity contribution in [3.05, 3.63) is 60.3 Å². The fourth-order valence-corrected chi connectivity index (χ4v) is 5.59. The summed E-state index contributed by atoms with van der Waals surface area (Å²) in [7, 11) is -4.06. The molecule has 0 saturated carbocycles. The molecule has 176 valence electrons. The SMILES string of the molecule is O=C(N1CCN(c2ccc3c(c2)c(C(F)F)cn3S(=O)(=O)c2ccccc2)CC1)C(Cl)(Cl)Cl. The number of nitrogens with zero attached hydrogens (tertiary/aromatic N) is 3. The van der Waals surface area contributed by atoms with E-state index in [1.54, 1.807) is 30.3 Å². The Balaban J connectivity index is 1.68. The van der Waals surface area contributed by atoms with E-state index >= 15 is 0 Å². The Labute approximate surface area is 204 Å². The number of hydrogen-bond donors (Lipinski definition) is 0. The van der Waals surface area contributed by atoms with Crippen LogP contribution in [-0.4, -0.2) is 53.2 Å². The van der Waals surface area contributed by atoms with E-state index in [0.29, 0.717) is 18.8 Å². The van der Waals surface area contributed by atoms with Gasteiger partial charge in [-0.2, -0.15) is 0 Å². The smallest absolute Gasteiger partial charge is 0.274 e. The molecular formula is C21H18Cl3F2N3O3S. The normalized spacial score (nSPS) is 15.5. The summed E-state index contributed by atoms with van der Waals surface area (Å²) in [5.41, 5.74) is 0.402. The van der Waals surface area contributed by atoms with Gasteiger partial charge in [0.2, 0.25) is 0 Å². The predicted octanol–water partition coefficient (Wildman–Crippen LogP) is 4.83. The zero-order chi connectivity index (χ0) is 24.0. The minimum atomic E-state index is -4.06. The number of halogens is 5. The molecule has 1 fully saturated rings. The lowest BCUT2D eigenvalue weighted by Gasteiger charge is -2.37. The van der Waals surface area contributed by atoms with Crippen LogP contribution in [0.4, 0.5) is 14.5 Å². The summed E-state index contributed by atoms with van der Waals surface area (Å²) < 4.78 is 52.7. The fourth-order valence-electron chi connectivity index (χ4n) is 3.84. The quantitative estimate of drug-likeness (QED) is 0.448. The molecule has 1 aliphatic rings. The number of fused-ring (bicyclic) bond motifs is 1. The van der Waals surface area contributed by atoms with Crippen molar-refractivity contribution in [2.24, 2.45) is 0 Å². The van der Waals surface area contributed by atoms with Crippen LogP contribution in [-0.2, 0) is 14.8 Å². The second-order valence-electron chi connectivity index (χ2n) is 7.48. The van der Waals surface area contributed by atoms with E-state index in [9.17, 15) is 22.0 Å². The summed E-state index contributed by atoms with van der Waals surface area (Å²) in [6.07, 6.45) is -1.90. The van der Waals surface area contributed by atoms with Crippen LogP contribution in [0.1, 0.15) is 12.0 Å². The van der Waals surface area contributed by atoms with Gasteiger partial charge in [0, 0.05) is 49.0 Å². The minimum absolute atomic E-state index is 0.00142. The van der Waals surface area contributed by atoms with Crippen molar-refractivity contribution in [2.75, 3.05) is 31.1 Å². The van der Waals surface area contributed by atoms with Crippen LogP contribution in [0, 0.1) is 0 Å². The molecule has 2 heterocycles. The Morgan fingerprint density at radius 1 is 0.970 bits per heavy atom. The van der Waals surface area contributed by atoms with Crippen LogP contribution in [0.5, 0.6) is 0 Å². The molecule has 12 heteroatoms. The van der Waals surface area contributed by atoms with Crippen LogP contribution in [0.15, 0.2) is 59.6 Å². The highest BCUT2D eigenvalue weighted by molar-refractivity contribution is 7.90. The highest BCUT2D eigenvalue weighted by atomic mass is 35.6. The van der Waals surface area contributed by atoms with Crippen molar-refractivity contribution in [3.8, 4) is 0 Å². The number of alkyl halides is 5. The number of amides is 1. The first-order valence-corrected chi connectivity index (χ1v) is 12.4. The third kappa shape index (κ3) is 4.64. The lowest BCUT2D eigenvalue weighted by Crippen LogP contribution is -2.51. The van der Waals surface area contributed by atoms with Gasteiger partial charge >= 0.3 is 0 Å². The monoisotopic (exact) mass is 535 g/mol. The largest absolute Gasteiger partial charge is 0.368 e. The molecule has 0 N–H and O–H groups in total. The summed E-state index contributed by atoms with van der Waals surface area (Å²) in [6.45, 7) is 1.36. The molecule has 0 radical (unpaired) electrons. The van der Waals surface area contributed by atoms with Gasteiger partial charge in [0.25, 0.3) is 26.1 Å². The summed E-state index contributed by atoms with van der Waals surface area (Å²) in [4.78, 5) is 15.5. The average Bonchev–Trinajstić information content (AvgIpc) is 3.19. The van der Waals surface area contributed by atoms with E-state index in [4.69, 9.17) is 34.8 Å². The minimum Gasteiger partial charge on any atom is -0.368 e. The van der Waals surface area contributed by atoms with Crippen LogP contribution in [0.3, 0.4) is 0 Å². The number of carbonyl (C=O) groups is 1. The lowest BCUT2D eigenvalue weighted by molar-refractivity contribution is -0.130. The summed E-state index contributed by atoms with van der Waals surface area (Å²) in [5.74, 6) is -0.620. The number of benzene rings is 2. The Hall–Kier alpha value is -2.07. The molecule has 2 aromatic carbocycles. The van der Waals surface area contributed by atoms with E-state index in [1.807, 2.05) is 4.90 Å². The number of rotatable bonds is 4. The van der Waals surface area contributed by atoms with Gasteiger partial charge in [0.05, 0.1) is 10.4 Å². The summed E-state index contributed by atoms with van der Waals surface area (Å²) in [5, 5.41) is 0.141. The van der Waals surface area contributed by atoms with Gasteiger partial charge < -0.3 is 9.80 Å². The maximum absolute atomic E-state index is 13.8. The Bertz CT molecular complexity index is 1290. The third-order valence-electron chi connectivity index (χ3n) is 5.49. The summed E-state index contributed by atoms with van der Waals surface area (Å²) >= 11 is 17.0. The molecule has 1 aromatic heterocycles. The first-order valence-electron chi connectivity index (χ1n) is 9.85. The van der Waals surface area contributed by atoms with Crippen LogP contribution >= 0.6 is 34.8 Å². The zero-order valence-electron chi connectivity index (χ0n) is 17.0. The van der Waals surface area contributed by atoms with Gasteiger partial charge in [-0.1, -0.05) is 53.0 Å². The molecule has 1 aliphatic heterocycles. The maximum atomic E-state index is 13.8. The fraction of sp³-hybridized carbons (Fsp3) is 0.286. The standard InChI is InChI=1S/C21H18Cl3F2N3O3S/c22-21(23,24)20(30)28-10-8-27(9-11-28)14-6-7-18-16(12-14)17(19(25)26)13-29(18)33(31,32)15-4-2-1-3-5-15/h1-7,12-13,19H,8-11H2. The highest BCUT2D eigenvalue weighted by Crippen LogP contribution is 2.35. The molecule has 0 atom stereocenters. The molecule has 1 saturated heterocycles. The Morgan fingerprint density at radius 2 is 1.61 bits per heavy atom. The van der Waals surface area contributed by atoms with Gasteiger partial charge in [-0.25, -0.2) is 21.2 Å². The first-order chi connectivity index (χ1) is 15.5. The molecule has 3 aromatic rings. The third-order valence-corrected chi connectivity index (χ3v) is 7.67. The van der Waals surface area contributed by atoms with E-state index in [-0.39, 0.29) is 34.5 Å². The molecule has 0 spiro atoms. The van der Waals surface area contributed by atoms with Crippen molar-refractivity contribution in [1.29, 1.82) is 0 Å². The summed E-state index contributed by atoms with van der Waals surface area (Å²) in [6, 6.07) is 12.3. The number of aromatic nitrogens is 1. The topological polar surface area (TPSA) is 62.6 Å². The number of piperazine rings is 1. The van der Waals surface area contributed by atoms with Gasteiger partial charge in [0.1, 0.15) is 0 Å². The second-order valence-corrected chi connectivity index (χ2v) is 11.6. The molecular weight excluding hydrogens is 519 g/mol. The van der Waals surface area contributed by atoms with E-state index in [0.717, 1.165) is 10.2 Å². The molecule has 33 heavy (non-hydrogen) atoms. The lowest BCUT2D eigenvalue weighted by atomic mass is 10.1. The molecule has 4 rings (SSSR count). The first kappa shape index (κ1) is 24.1. The number of anilines is 1. The molecule has 0 aliphatic carbocycles. The van der Waals surface area contributed by atoms with Gasteiger partial charge in [0.15, 0.2) is 0 Å². The molecule has 0 unspecified atom stereocenters.